The first kappa shape index (κ1) is 15.6. The number of aliphatic carboxylic acids is 1. The Labute approximate surface area is 141 Å². The molecule has 0 bridgehead atoms. The summed E-state index contributed by atoms with van der Waals surface area (Å²) in [4.78, 5) is 26.4. The summed E-state index contributed by atoms with van der Waals surface area (Å²) in [5.74, 6) is -0.406. The molecule has 0 aromatic heterocycles. The van der Waals surface area contributed by atoms with Crippen LogP contribution in [0.15, 0.2) is 30.3 Å². The normalized spacial score (nSPS) is 33.8. The number of nitrogens with zero attached hydrogens (tertiary/aromatic N) is 1. The molecule has 0 radical (unpaired) electrons. The van der Waals surface area contributed by atoms with Crippen molar-refractivity contribution in [3.63, 3.8) is 0 Å². The summed E-state index contributed by atoms with van der Waals surface area (Å²) in [5.41, 5.74) is 5.83. The van der Waals surface area contributed by atoms with E-state index in [4.69, 9.17) is 5.73 Å². The summed E-state index contributed by atoms with van der Waals surface area (Å²) in [7, 11) is 0. The van der Waals surface area contributed by atoms with E-state index in [1.807, 2.05) is 18.2 Å². The fourth-order valence-electron chi connectivity index (χ4n) is 4.65. The van der Waals surface area contributed by atoms with Crippen LogP contribution in [0.1, 0.15) is 43.6 Å². The third kappa shape index (κ3) is 2.34. The number of carboxylic acids is 1. The fraction of sp³-hybridized carbons (Fsp3) is 0.579. The van der Waals surface area contributed by atoms with E-state index in [1.54, 1.807) is 4.90 Å². The van der Waals surface area contributed by atoms with Gasteiger partial charge in [0, 0.05) is 13.1 Å². The Hall–Kier alpha value is -1.88. The van der Waals surface area contributed by atoms with Crippen molar-refractivity contribution < 1.29 is 14.7 Å². The van der Waals surface area contributed by atoms with Crippen molar-refractivity contribution in [3.8, 4) is 0 Å². The minimum atomic E-state index is -0.786. The highest BCUT2D eigenvalue weighted by molar-refractivity contribution is 5.90. The van der Waals surface area contributed by atoms with E-state index in [-0.39, 0.29) is 11.8 Å². The number of fused-ring (bicyclic) bond motifs is 1. The maximum Gasteiger partial charge on any atom is 0.311 e. The van der Waals surface area contributed by atoms with E-state index in [0.29, 0.717) is 25.4 Å². The topological polar surface area (TPSA) is 83.6 Å². The van der Waals surface area contributed by atoms with Gasteiger partial charge in [0.05, 0.1) is 11.0 Å². The molecule has 2 saturated carbocycles. The van der Waals surface area contributed by atoms with E-state index in [2.05, 4.69) is 12.1 Å². The number of nitrogens with two attached hydrogens (primary N) is 1. The van der Waals surface area contributed by atoms with Crippen molar-refractivity contribution in [2.45, 2.75) is 43.6 Å². The Morgan fingerprint density at radius 2 is 1.88 bits per heavy atom. The first-order chi connectivity index (χ1) is 11.4. The monoisotopic (exact) mass is 328 g/mol. The molecular weight excluding hydrogens is 304 g/mol. The summed E-state index contributed by atoms with van der Waals surface area (Å²) in [5, 5.41) is 9.90. The minimum absolute atomic E-state index is 0.0141. The number of carbonyl (C=O) groups is 2. The van der Waals surface area contributed by atoms with Gasteiger partial charge < -0.3 is 15.7 Å². The maximum absolute atomic E-state index is 12.6. The van der Waals surface area contributed by atoms with Crippen LogP contribution in [0.2, 0.25) is 0 Å². The molecule has 5 nitrogen and oxygen atoms in total. The molecule has 1 aromatic rings. The van der Waals surface area contributed by atoms with Crippen molar-refractivity contribution in [2.24, 2.45) is 17.1 Å². The molecule has 0 unspecified atom stereocenters. The van der Waals surface area contributed by atoms with Gasteiger partial charge in [-0.15, -0.1) is 0 Å². The van der Waals surface area contributed by atoms with Gasteiger partial charge >= 0.3 is 5.97 Å². The van der Waals surface area contributed by atoms with Crippen molar-refractivity contribution in [1.82, 2.24) is 4.90 Å². The first-order valence-corrected chi connectivity index (χ1v) is 8.81. The Kier molecular flexibility index (Phi) is 3.46. The smallest absolute Gasteiger partial charge is 0.311 e. The molecule has 1 amide bonds. The van der Waals surface area contributed by atoms with Crippen LogP contribution in [0.4, 0.5) is 0 Å². The average Bonchev–Trinajstić information content (AvgIpc) is 3.22. The van der Waals surface area contributed by atoms with E-state index < -0.39 is 16.9 Å². The highest BCUT2D eigenvalue weighted by atomic mass is 16.4. The maximum atomic E-state index is 12.6. The number of likely N-dealkylation sites (tertiary alicyclic amines) is 1. The van der Waals surface area contributed by atoms with Gasteiger partial charge in [-0.2, -0.15) is 0 Å². The molecule has 1 heterocycles. The van der Waals surface area contributed by atoms with E-state index in [9.17, 15) is 14.7 Å². The van der Waals surface area contributed by atoms with Gasteiger partial charge in [0.1, 0.15) is 0 Å². The van der Waals surface area contributed by atoms with Gasteiger partial charge in [0.2, 0.25) is 5.91 Å². The van der Waals surface area contributed by atoms with Crippen LogP contribution >= 0.6 is 0 Å². The highest BCUT2D eigenvalue weighted by Crippen LogP contribution is 2.52. The van der Waals surface area contributed by atoms with Crippen LogP contribution in [0.3, 0.4) is 0 Å². The van der Waals surface area contributed by atoms with Crippen LogP contribution in [-0.4, -0.2) is 40.5 Å². The van der Waals surface area contributed by atoms with E-state index in [1.165, 1.54) is 5.56 Å². The minimum Gasteiger partial charge on any atom is -0.481 e. The van der Waals surface area contributed by atoms with Crippen LogP contribution in [-0.2, 0) is 9.59 Å². The Bertz CT molecular complexity index is 670. The lowest BCUT2D eigenvalue weighted by Crippen LogP contribution is -2.46. The number of hydrogen-bond acceptors (Lipinski definition) is 3. The third-order valence-corrected chi connectivity index (χ3v) is 6.40. The summed E-state index contributed by atoms with van der Waals surface area (Å²) in [6.45, 7) is 0.861. The summed E-state index contributed by atoms with van der Waals surface area (Å²) >= 11 is 0. The highest BCUT2D eigenvalue weighted by Gasteiger charge is 2.58. The molecule has 1 aliphatic heterocycles. The van der Waals surface area contributed by atoms with Crippen LogP contribution in [0.25, 0.3) is 0 Å². The van der Waals surface area contributed by atoms with Gasteiger partial charge in [-0.05, 0) is 49.5 Å². The molecule has 3 atom stereocenters. The third-order valence-electron chi connectivity index (χ3n) is 6.40. The zero-order chi connectivity index (χ0) is 16.9. The lowest BCUT2D eigenvalue weighted by Gasteiger charge is -2.38. The molecule has 24 heavy (non-hydrogen) atoms. The van der Waals surface area contributed by atoms with Crippen molar-refractivity contribution >= 4 is 11.9 Å². The molecule has 3 fully saturated rings. The standard InChI is InChI=1S/C19H24N2O3/c20-19(8-9-19)16(22)21-11-15-10-14(13-4-2-1-3-5-13)6-7-18(15,12-21)17(23)24/h1-5,14-15H,6-12,20H2,(H,23,24)/t14-,15-,18-/m1/s1. The predicted octanol–water partition coefficient (Wildman–Crippen LogP) is 1.97. The number of hydrogen-bond donors (Lipinski definition) is 2. The Morgan fingerprint density at radius 3 is 2.50 bits per heavy atom. The quantitative estimate of drug-likeness (QED) is 0.888. The molecule has 4 rings (SSSR count). The van der Waals surface area contributed by atoms with Crippen molar-refractivity contribution in [3.05, 3.63) is 35.9 Å². The van der Waals surface area contributed by atoms with Crippen LogP contribution in [0, 0.1) is 11.3 Å². The number of carboxylic acid groups (broad SMARTS) is 1. The van der Waals surface area contributed by atoms with Gasteiger partial charge in [-0.1, -0.05) is 30.3 Å². The van der Waals surface area contributed by atoms with Gasteiger partial charge in [0.15, 0.2) is 0 Å². The molecule has 2 aliphatic carbocycles. The molecule has 0 spiro atoms. The molecule has 3 N–H and O–H groups in total. The summed E-state index contributed by atoms with van der Waals surface area (Å²) < 4.78 is 0. The second-order valence-electron chi connectivity index (χ2n) is 7.88. The lowest BCUT2D eigenvalue weighted by atomic mass is 9.64. The number of carbonyl (C=O) groups excluding carboxylic acids is 1. The van der Waals surface area contributed by atoms with Gasteiger partial charge in [0.25, 0.3) is 0 Å². The second kappa shape index (κ2) is 5.31. The van der Waals surface area contributed by atoms with Crippen LogP contribution < -0.4 is 5.73 Å². The van der Waals surface area contributed by atoms with Crippen molar-refractivity contribution in [2.75, 3.05) is 13.1 Å². The molecule has 5 heteroatoms. The largest absolute Gasteiger partial charge is 0.481 e. The molecule has 1 aromatic carbocycles. The van der Waals surface area contributed by atoms with Crippen molar-refractivity contribution in [1.29, 1.82) is 0 Å². The molecule has 3 aliphatic rings. The number of amides is 1. The Morgan fingerprint density at radius 1 is 1.17 bits per heavy atom. The molecular formula is C19H24N2O3. The summed E-state index contributed by atoms with van der Waals surface area (Å²) in [6, 6.07) is 10.3. The van der Waals surface area contributed by atoms with Gasteiger partial charge in [-0.3, -0.25) is 9.59 Å². The molecule has 128 valence electrons. The predicted molar refractivity (Wildman–Crippen MR) is 89.3 cm³/mol. The molecule has 1 saturated heterocycles. The first-order valence-electron chi connectivity index (χ1n) is 8.81. The number of rotatable bonds is 3. The number of benzene rings is 1. The van der Waals surface area contributed by atoms with E-state index >= 15 is 0 Å². The SMILES string of the molecule is NC1(C(=O)N2C[C@H]3C[C@H](c4ccccc4)CC[C@@]3(C(=O)O)C2)CC1. The lowest BCUT2D eigenvalue weighted by molar-refractivity contribution is -0.153. The van der Waals surface area contributed by atoms with Crippen LogP contribution in [0.5, 0.6) is 0 Å². The van der Waals surface area contributed by atoms with Gasteiger partial charge in [-0.25, -0.2) is 0 Å². The van der Waals surface area contributed by atoms with E-state index in [0.717, 1.165) is 25.7 Å². The average molecular weight is 328 g/mol. The Balaban J connectivity index is 1.57. The fourth-order valence-corrected chi connectivity index (χ4v) is 4.65. The summed E-state index contributed by atoms with van der Waals surface area (Å²) in [6.07, 6.45) is 3.77. The second-order valence-corrected chi connectivity index (χ2v) is 7.88. The zero-order valence-corrected chi connectivity index (χ0v) is 13.8. The zero-order valence-electron chi connectivity index (χ0n) is 13.8.